The summed E-state index contributed by atoms with van der Waals surface area (Å²) < 4.78 is 0. The summed E-state index contributed by atoms with van der Waals surface area (Å²) in [4.78, 5) is 25.4. The summed E-state index contributed by atoms with van der Waals surface area (Å²) in [6.07, 6.45) is 1.46. The summed E-state index contributed by atoms with van der Waals surface area (Å²) in [7, 11) is 0. The van der Waals surface area contributed by atoms with E-state index in [9.17, 15) is 9.59 Å². The van der Waals surface area contributed by atoms with Crippen LogP contribution in [0.4, 0.5) is 0 Å². The van der Waals surface area contributed by atoms with E-state index in [0.717, 1.165) is 13.0 Å². The molecule has 1 unspecified atom stereocenters. The van der Waals surface area contributed by atoms with E-state index in [2.05, 4.69) is 19.2 Å². The maximum Gasteiger partial charge on any atom is 0.247 e. The molecule has 1 aliphatic heterocycles. The van der Waals surface area contributed by atoms with Crippen molar-refractivity contribution in [3.63, 3.8) is 0 Å². The topological polar surface area (TPSA) is 49.4 Å². The third-order valence-corrected chi connectivity index (χ3v) is 3.11. The molecule has 4 heteroatoms. The fourth-order valence-corrected chi connectivity index (χ4v) is 1.88. The fraction of sp³-hybridized carbons (Fsp3) is 0.833. The second-order valence-electron chi connectivity index (χ2n) is 5.19. The molecule has 1 heterocycles. The lowest BCUT2D eigenvalue weighted by atomic mass is 10.0. The molecule has 0 spiro atoms. The molecule has 92 valence electrons. The normalized spacial score (nSPS) is 22.6. The minimum absolute atomic E-state index is 0.0265. The molecule has 1 rings (SSSR count). The summed E-state index contributed by atoms with van der Waals surface area (Å²) in [6.45, 7) is 9.05. The molecule has 0 saturated carbocycles. The van der Waals surface area contributed by atoms with E-state index in [0.29, 0.717) is 18.9 Å². The van der Waals surface area contributed by atoms with Gasteiger partial charge in [-0.1, -0.05) is 20.3 Å². The highest BCUT2D eigenvalue weighted by molar-refractivity contribution is 5.92. The second-order valence-corrected chi connectivity index (χ2v) is 5.19. The summed E-state index contributed by atoms with van der Waals surface area (Å²) in [6, 6.07) is 0. The first-order valence-corrected chi connectivity index (χ1v) is 5.97. The maximum absolute atomic E-state index is 12.2. The maximum atomic E-state index is 12.2. The van der Waals surface area contributed by atoms with Gasteiger partial charge in [-0.2, -0.15) is 0 Å². The number of carbonyl (C=O) groups excluding carboxylic acids is 2. The summed E-state index contributed by atoms with van der Waals surface area (Å²) in [5.41, 5.74) is -0.763. The van der Waals surface area contributed by atoms with Crippen LogP contribution in [0.5, 0.6) is 0 Å². The third kappa shape index (κ3) is 2.97. The van der Waals surface area contributed by atoms with E-state index in [1.165, 1.54) is 0 Å². The predicted molar refractivity (Wildman–Crippen MR) is 62.9 cm³/mol. The van der Waals surface area contributed by atoms with Gasteiger partial charge >= 0.3 is 0 Å². The number of rotatable bonds is 3. The molecule has 0 aromatic rings. The molecular weight excluding hydrogens is 204 g/mol. The zero-order valence-electron chi connectivity index (χ0n) is 10.7. The zero-order chi connectivity index (χ0) is 12.3. The zero-order valence-corrected chi connectivity index (χ0v) is 10.7. The Morgan fingerprint density at radius 1 is 1.44 bits per heavy atom. The smallest absolute Gasteiger partial charge is 0.247 e. The van der Waals surface area contributed by atoms with Crippen LogP contribution in [-0.2, 0) is 9.59 Å². The summed E-state index contributed by atoms with van der Waals surface area (Å²) >= 11 is 0. The SMILES string of the molecule is CCC(C)CN1CCC(=O)NC(C)(C)C1=O. The van der Waals surface area contributed by atoms with Crippen molar-refractivity contribution in [1.29, 1.82) is 0 Å². The van der Waals surface area contributed by atoms with E-state index in [4.69, 9.17) is 0 Å². The highest BCUT2D eigenvalue weighted by Gasteiger charge is 2.36. The van der Waals surface area contributed by atoms with Crippen molar-refractivity contribution in [2.75, 3.05) is 13.1 Å². The Labute approximate surface area is 97.4 Å². The Bertz CT molecular complexity index is 287. The van der Waals surface area contributed by atoms with Crippen LogP contribution in [0.3, 0.4) is 0 Å². The molecule has 0 aromatic carbocycles. The molecule has 1 atom stereocenters. The lowest BCUT2D eigenvalue weighted by Crippen LogP contribution is -2.53. The number of carbonyl (C=O) groups is 2. The van der Waals surface area contributed by atoms with Crippen LogP contribution in [0.15, 0.2) is 0 Å². The number of amides is 2. The number of nitrogens with one attached hydrogen (secondary N) is 1. The fourth-order valence-electron chi connectivity index (χ4n) is 1.88. The van der Waals surface area contributed by atoms with Gasteiger partial charge in [0.2, 0.25) is 11.8 Å². The van der Waals surface area contributed by atoms with Gasteiger partial charge in [0.25, 0.3) is 0 Å². The standard InChI is InChI=1S/C12H22N2O2/c1-5-9(2)8-14-7-6-10(15)13-12(3,4)11(14)16/h9H,5-8H2,1-4H3,(H,13,15). The lowest BCUT2D eigenvalue weighted by molar-refractivity contribution is -0.137. The number of hydrogen-bond acceptors (Lipinski definition) is 2. The van der Waals surface area contributed by atoms with Crippen molar-refractivity contribution in [3.05, 3.63) is 0 Å². The molecule has 1 saturated heterocycles. The van der Waals surface area contributed by atoms with Crippen molar-refractivity contribution in [2.45, 2.75) is 46.1 Å². The van der Waals surface area contributed by atoms with Gasteiger partial charge in [-0.15, -0.1) is 0 Å². The van der Waals surface area contributed by atoms with Crippen LogP contribution in [0.25, 0.3) is 0 Å². The van der Waals surface area contributed by atoms with E-state index in [1.54, 1.807) is 13.8 Å². The Balaban J connectivity index is 2.77. The van der Waals surface area contributed by atoms with E-state index in [-0.39, 0.29) is 11.8 Å². The quantitative estimate of drug-likeness (QED) is 0.785. The minimum Gasteiger partial charge on any atom is -0.342 e. The lowest BCUT2D eigenvalue weighted by Gasteiger charge is -2.30. The Kier molecular flexibility index (Phi) is 3.94. The Morgan fingerprint density at radius 2 is 2.06 bits per heavy atom. The number of nitrogens with zero attached hydrogens (tertiary/aromatic N) is 1. The van der Waals surface area contributed by atoms with Crippen LogP contribution in [-0.4, -0.2) is 35.3 Å². The molecule has 0 aliphatic carbocycles. The summed E-state index contributed by atoms with van der Waals surface area (Å²) in [5, 5.41) is 2.76. The largest absolute Gasteiger partial charge is 0.342 e. The van der Waals surface area contributed by atoms with Crippen LogP contribution < -0.4 is 5.32 Å². The molecule has 0 radical (unpaired) electrons. The average Bonchev–Trinajstić information content (AvgIpc) is 2.29. The molecule has 0 aromatic heterocycles. The van der Waals surface area contributed by atoms with Crippen LogP contribution in [0.1, 0.15) is 40.5 Å². The van der Waals surface area contributed by atoms with Crippen molar-refractivity contribution >= 4 is 11.8 Å². The van der Waals surface area contributed by atoms with Gasteiger partial charge in [0.1, 0.15) is 5.54 Å². The van der Waals surface area contributed by atoms with E-state index >= 15 is 0 Å². The Morgan fingerprint density at radius 3 is 2.62 bits per heavy atom. The van der Waals surface area contributed by atoms with Crippen LogP contribution >= 0.6 is 0 Å². The second kappa shape index (κ2) is 4.85. The monoisotopic (exact) mass is 226 g/mol. The Hall–Kier alpha value is -1.06. The molecule has 1 aliphatic rings. The van der Waals surface area contributed by atoms with E-state index in [1.807, 2.05) is 4.90 Å². The van der Waals surface area contributed by atoms with Gasteiger partial charge < -0.3 is 10.2 Å². The van der Waals surface area contributed by atoms with Crippen molar-refractivity contribution in [1.82, 2.24) is 10.2 Å². The van der Waals surface area contributed by atoms with Gasteiger partial charge in [-0.05, 0) is 19.8 Å². The van der Waals surface area contributed by atoms with Gasteiger partial charge in [0, 0.05) is 19.5 Å². The average molecular weight is 226 g/mol. The summed E-state index contributed by atoms with van der Waals surface area (Å²) in [5.74, 6) is 0.469. The van der Waals surface area contributed by atoms with Gasteiger partial charge in [-0.25, -0.2) is 0 Å². The third-order valence-electron chi connectivity index (χ3n) is 3.11. The highest BCUT2D eigenvalue weighted by atomic mass is 16.2. The predicted octanol–water partition coefficient (Wildman–Crippen LogP) is 1.16. The first-order chi connectivity index (χ1) is 7.36. The molecule has 0 bridgehead atoms. The van der Waals surface area contributed by atoms with Gasteiger partial charge in [0.05, 0.1) is 0 Å². The van der Waals surface area contributed by atoms with Crippen molar-refractivity contribution in [3.8, 4) is 0 Å². The van der Waals surface area contributed by atoms with Crippen LogP contribution in [0, 0.1) is 5.92 Å². The van der Waals surface area contributed by atoms with Gasteiger partial charge in [0.15, 0.2) is 0 Å². The molecular formula is C12H22N2O2. The first kappa shape index (κ1) is 13.0. The van der Waals surface area contributed by atoms with Crippen molar-refractivity contribution < 1.29 is 9.59 Å². The number of hydrogen-bond donors (Lipinski definition) is 1. The first-order valence-electron chi connectivity index (χ1n) is 5.97. The molecule has 1 fully saturated rings. The van der Waals surface area contributed by atoms with E-state index < -0.39 is 5.54 Å². The van der Waals surface area contributed by atoms with Crippen LogP contribution in [0.2, 0.25) is 0 Å². The molecule has 2 amide bonds. The molecule has 4 nitrogen and oxygen atoms in total. The molecule has 1 N–H and O–H groups in total. The minimum atomic E-state index is -0.763. The highest BCUT2D eigenvalue weighted by Crippen LogP contribution is 2.15. The van der Waals surface area contributed by atoms with Crippen molar-refractivity contribution in [2.24, 2.45) is 5.92 Å². The molecule has 16 heavy (non-hydrogen) atoms. The van der Waals surface area contributed by atoms with Gasteiger partial charge in [-0.3, -0.25) is 9.59 Å².